The summed E-state index contributed by atoms with van der Waals surface area (Å²) in [4.78, 5) is 30.2. The third-order valence-electron chi connectivity index (χ3n) is 6.78. The molecule has 2 atom stereocenters. The van der Waals surface area contributed by atoms with E-state index in [1.165, 1.54) is 13.0 Å². The maximum atomic E-state index is 15.2. The van der Waals surface area contributed by atoms with Crippen molar-refractivity contribution in [2.45, 2.75) is 25.4 Å². The van der Waals surface area contributed by atoms with Crippen LogP contribution in [0.25, 0.3) is 10.9 Å². The van der Waals surface area contributed by atoms with Crippen molar-refractivity contribution in [1.82, 2.24) is 9.47 Å². The number of carbonyl (C=O) groups excluding carboxylic acids is 2. The fourth-order valence-electron chi connectivity index (χ4n) is 5.21. The van der Waals surface area contributed by atoms with Crippen LogP contribution in [0.3, 0.4) is 0 Å². The predicted molar refractivity (Wildman–Crippen MR) is 131 cm³/mol. The molecule has 172 valence electrons. The summed E-state index contributed by atoms with van der Waals surface area (Å²) in [7, 11) is 3.69. The summed E-state index contributed by atoms with van der Waals surface area (Å²) in [6.45, 7) is 1.45. The van der Waals surface area contributed by atoms with Crippen LogP contribution in [-0.2, 0) is 23.1 Å². The van der Waals surface area contributed by atoms with Gasteiger partial charge in [-0.25, -0.2) is 4.39 Å². The van der Waals surface area contributed by atoms with Gasteiger partial charge < -0.3 is 14.4 Å². The molecule has 0 aliphatic carbocycles. The van der Waals surface area contributed by atoms with Crippen molar-refractivity contribution in [3.63, 3.8) is 0 Å². The molecule has 1 aromatic heterocycles. The van der Waals surface area contributed by atoms with E-state index in [2.05, 4.69) is 0 Å². The highest BCUT2D eigenvalue weighted by Crippen LogP contribution is 2.41. The number of aromatic nitrogens is 1. The van der Waals surface area contributed by atoms with E-state index in [-0.39, 0.29) is 11.8 Å². The summed E-state index contributed by atoms with van der Waals surface area (Å²) < 4.78 is 17.2. The second-order valence-corrected chi connectivity index (χ2v) is 8.81. The zero-order valence-corrected chi connectivity index (χ0v) is 19.4. The normalized spacial score (nSPS) is 18.2. The first kappa shape index (κ1) is 21.9. The summed E-state index contributed by atoms with van der Waals surface area (Å²) in [6, 6.07) is 20.4. The van der Waals surface area contributed by atoms with E-state index in [9.17, 15) is 9.59 Å². The number of halogens is 1. The molecule has 1 aliphatic heterocycles. The van der Waals surface area contributed by atoms with E-state index in [1.54, 1.807) is 35.0 Å². The standard InChI is InChI=1S/C28H26FN3O2/c1-18(33)32-26(16-19-17-30(2)24-14-8-5-10-20(19)24)28(34)31(3)25-15-9-6-12-22(25)27(32)21-11-4-7-13-23(21)29/h4-15,17,26-27H,16H2,1-3H3. The number of fused-ring (bicyclic) bond motifs is 2. The molecule has 0 fully saturated rings. The summed E-state index contributed by atoms with van der Waals surface area (Å²) >= 11 is 0. The van der Waals surface area contributed by atoms with Crippen LogP contribution in [0.5, 0.6) is 0 Å². The quantitative estimate of drug-likeness (QED) is 0.444. The van der Waals surface area contributed by atoms with Gasteiger partial charge in [-0.15, -0.1) is 0 Å². The smallest absolute Gasteiger partial charge is 0.249 e. The van der Waals surface area contributed by atoms with Crippen molar-refractivity contribution in [2.24, 2.45) is 7.05 Å². The lowest BCUT2D eigenvalue weighted by atomic mass is 9.93. The molecule has 0 N–H and O–H groups in total. The lowest BCUT2D eigenvalue weighted by Crippen LogP contribution is -2.50. The fraction of sp³-hybridized carbons (Fsp3) is 0.214. The van der Waals surface area contributed by atoms with Crippen molar-refractivity contribution in [2.75, 3.05) is 11.9 Å². The molecule has 34 heavy (non-hydrogen) atoms. The number of rotatable bonds is 3. The van der Waals surface area contributed by atoms with Gasteiger partial charge in [0.15, 0.2) is 0 Å². The first-order valence-corrected chi connectivity index (χ1v) is 11.3. The van der Waals surface area contributed by atoms with Crippen LogP contribution in [-0.4, -0.2) is 34.4 Å². The lowest BCUT2D eigenvalue weighted by molar-refractivity contribution is -0.139. The van der Waals surface area contributed by atoms with Crippen molar-refractivity contribution >= 4 is 28.4 Å². The highest BCUT2D eigenvalue weighted by molar-refractivity contribution is 6.01. The number of anilines is 1. The minimum atomic E-state index is -0.801. The molecule has 3 aromatic carbocycles. The number of aryl methyl sites for hydroxylation is 1. The zero-order chi connectivity index (χ0) is 24.0. The molecule has 0 bridgehead atoms. The van der Waals surface area contributed by atoms with Gasteiger partial charge in [0.2, 0.25) is 11.8 Å². The minimum absolute atomic E-state index is 0.200. The van der Waals surface area contributed by atoms with Gasteiger partial charge in [-0.3, -0.25) is 9.59 Å². The Morgan fingerprint density at radius 3 is 2.29 bits per heavy atom. The van der Waals surface area contributed by atoms with Gasteiger partial charge in [-0.1, -0.05) is 54.6 Å². The molecule has 0 spiro atoms. The molecule has 4 aromatic rings. The molecular weight excluding hydrogens is 429 g/mol. The van der Waals surface area contributed by atoms with Crippen LogP contribution >= 0.6 is 0 Å². The number of carbonyl (C=O) groups is 2. The molecule has 5 rings (SSSR count). The van der Waals surface area contributed by atoms with Crippen LogP contribution < -0.4 is 4.90 Å². The number of benzene rings is 3. The van der Waals surface area contributed by atoms with Crippen molar-refractivity contribution in [3.8, 4) is 0 Å². The molecule has 0 saturated heterocycles. The number of hydrogen-bond acceptors (Lipinski definition) is 2. The van der Waals surface area contributed by atoms with Gasteiger partial charge >= 0.3 is 0 Å². The van der Waals surface area contributed by atoms with Crippen molar-refractivity contribution in [3.05, 3.63) is 102 Å². The van der Waals surface area contributed by atoms with Gasteiger partial charge in [0, 0.05) is 61.4 Å². The molecule has 2 amide bonds. The average Bonchev–Trinajstić information content (AvgIpc) is 3.12. The van der Waals surface area contributed by atoms with Crippen molar-refractivity contribution < 1.29 is 14.0 Å². The van der Waals surface area contributed by atoms with Gasteiger partial charge in [-0.2, -0.15) is 0 Å². The second kappa shape index (κ2) is 8.45. The van der Waals surface area contributed by atoms with Gasteiger partial charge in [0.05, 0.1) is 6.04 Å². The fourth-order valence-corrected chi connectivity index (χ4v) is 5.21. The van der Waals surface area contributed by atoms with Crippen LogP contribution in [0.2, 0.25) is 0 Å². The number of hydrogen-bond donors (Lipinski definition) is 0. The minimum Gasteiger partial charge on any atom is -0.350 e. The molecule has 2 heterocycles. The first-order chi connectivity index (χ1) is 16.4. The Morgan fingerprint density at radius 1 is 0.912 bits per heavy atom. The van der Waals surface area contributed by atoms with E-state index < -0.39 is 17.9 Å². The highest BCUT2D eigenvalue weighted by atomic mass is 19.1. The monoisotopic (exact) mass is 455 g/mol. The maximum Gasteiger partial charge on any atom is 0.249 e. The molecule has 5 nitrogen and oxygen atoms in total. The number of likely N-dealkylation sites (N-methyl/N-ethyl adjacent to an activating group) is 1. The van der Waals surface area contributed by atoms with Crippen LogP contribution in [0.1, 0.15) is 29.7 Å². The van der Waals surface area contributed by atoms with Gasteiger partial charge in [-0.05, 0) is 23.8 Å². The van der Waals surface area contributed by atoms with Gasteiger partial charge in [0.25, 0.3) is 0 Å². The summed E-state index contributed by atoms with van der Waals surface area (Å²) in [5.74, 6) is -0.888. The van der Waals surface area contributed by atoms with E-state index >= 15 is 4.39 Å². The van der Waals surface area contributed by atoms with E-state index in [4.69, 9.17) is 0 Å². The van der Waals surface area contributed by atoms with Gasteiger partial charge in [0.1, 0.15) is 11.9 Å². The first-order valence-electron chi connectivity index (χ1n) is 11.3. The molecule has 0 saturated carbocycles. The Labute approximate surface area is 198 Å². The Balaban J connectivity index is 1.72. The number of para-hydroxylation sites is 2. The Hall–Kier alpha value is -3.93. The topological polar surface area (TPSA) is 45.6 Å². The van der Waals surface area contributed by atoms with Crippen LogP contribution in [0.4, 0.5) is 10.1 Å². The Morgan fingerprint density at radius 2 is 1.56 bits per heavy atom. The van der Waals surface area contributed by atoms with E-state index in [0.717, 1.165) is 22.0 Å². The molecule has 6 heteroatoms. The molecular formula is C28H26FN3O2. The highest BCUT2D eigenvalue weighted by Gasteiger charge is 2.42. The van der Waals surface area contributed by atoms with Crippen molar-refractivity contribution in [1.29, 1.82) is 0 Å². The second-order valence-electron chi connectivity index (χ2n) is 8.81. The lowest BCUT2D eigenvalue weighted by Gasteiger charge is -2.35. The van der Waals surface area contributed by atoms with E-state index in [1.807, 2.05) is 66.3 Å². The maximum absolute atomic E-state index is 15.2. The number of nitrogens with zero attached hydrogens (tertiary/aromatic N) is 3. The molecule has 1 aliphatic rings. The van der Waals surface area contributed by atoms with E-state index in [0.29, 0.717) is 17.7 Å². The molecule has 2 unspecified atom stereocenters. The summed E-state index contributed by atoms with van der Waals surface area (Å²) in [5, 5.41) is 1.04. The predicted octanol–water partition coefficient (Wildman–Crippen LogP) is 4.84. The third-order valence-corrected chi connectivity index (χ3v) is 6.78. The van der Waals surface area contributed by atoms with Crippen LogP contribution in [0, 0.1) is 5.82 Å². The third kappa shape index (κ3) is 3.46. The molecule has 0 radical (unpaired) electrons. The summed E-state index contributed by atoms with van der Waals surface area (Å²) in [6.07, 6.45) is 2.33. The summed E-state index contributed by atoms with van der Waals surface area (Å²) in [5.41, 5.74) is 3.78. The SMILES string of the molecule is CC(=O)N1C(Cc2cn(C)c3ccccc23)C(=O)N(C)c2ccccc2C1c1ccccc1F. The van der Waals surface area contributed by atoms with Crippen LogP contribution in [0.15, 0.2) is 79.0 Å². The Bertz CT molecular complexity index is 1410. The Kier molecular flexibility index (Phi) is 5.44. The zero-order valence-electron chi connectivity index (χ0n) is 19.4. The average molecular weight is 456 g/mol. The number of amides is 2. The largest absolute Gasteiger partial charge is 0.350 e.